The Morgan fingerprint density at radius 3 is 2.00 bits per heavy atom. The molecule has 6 heteroatoms. The van der Waals surface area contributed by atoms with Gasteiger partial charge in [-0.15, -0.1) is 4.48 Å². The van der Waals surface area contributed by atoms with Crippen molar-refractivity contribution in [1.82, 2.24) is 0 Å². The first kappa shape index (κ1) is 9.97. The minimum absolute atomic E-state index is 0.00551. The van der Waals surface area contributed by atoms with Gasteiger partial charge in [-0.2, -0.15) is 0 Å². The average molecular weight is 212 g/mol. The molecule has 3 amide bonds. The largest absolute Gasteiger partial charge is 0.477 e. The van der Waals surface area contributed by atoms with Gasteiger partial charge in [0.15, 0.2) is 0 Å². The van der Waals surface area contributed by atoms with Crippen LogP contribution in [-0.4, -0.2) is 39.3 Å². The number of carbonyl (C=O) groups excluding carboxylic acids is 3. The summed E-state index contributed by atoms with van der Waals surface area (Å²) >= 11 is 0. The maximum absolute atomic E-state index is 11.6. The SMILES string of the molecule is O=C(O)[C@@H]1CCC(=O)[N+]12C(=O)CCC2=O. The van der Waals surface area contributed by atoms with E-state index in [0.717, 1.165) is 0 Å². The van der Waals surface area contributed by atoms with Crippen molar-refractivity contribution in [1.29, 1.82) is 0 Å². The molecular weight excluding hydrogens is 202 g/mol. The van der Waals surface area contributed by atoms with Crippen molar-refractivity contribution in [3.8, 4) is 0 Å². The summed E-state index contributed by atoms with van der Waals surface area (Å²) in [4.78, 5) is 45.7. The normalized spacial score (nSPS) is 29.1. The van der Waals surface area contributed by atoms with E-state index in [4.69, 9.17) is 5.11 Å². The van der Waals surface area contributed by atoms with Crippen LogP contribution in [0, 0.1) is 0 Å². The number of aliphatic carboxylic acids is 1. The molecule has 0 saturated carbocycles. The molecule has 0 aliphatic carbocycles. The second-order valence-electron chi connectivity index (χ2n) is 3.80. The predicted octanol–water partition coefficient (Wildman–Crippen LogP) is -0.576. The van der Waals surface area contributed by atoms with E-state index in [-0.39, 0.29) is 25.7 Å². The molecule has 0 radical (unpaired) electrons. The second-order valence-corrected chi connectivity index (χ2v) is 3.80. The van der Waals surface area contributed by atoms with Gasteiger partial charge in [0.2, 0.25) is 6.04 Å². The lowest BCUT2D eigenvalue weighted by Gasteiger charge is -2.24. The Labute approximate surface area is 85.1 Å². The van der Waals surface area contributed by atoms with E-state index < -0.39 is 34.2 Å². The molecule has 80 valence electrons. The number of imide groups is 3. The minimum Gasteiger partial charge on any atom is -0.477 e. The van der Waals surface area contributed by atoms with Gasteiger partial charge in [0.05, 0.1) is 19.3 Å². The summed E-state index contributed by atoms with van der Waals surface area (Å²) < 4.78 is -1.06. The molecule has 2 aliphatic heterocycles. The summed E-state index contributed by atoms with van der Waals surface area (Å²) in [5, 5.41) is 8.92. The van der Waals surface area contributed by atoms with Crippen LogP contribution >= 0.6 is 0 Å². The summed E-state index contributed by atoms with van der Waals surface area (Å²) in [6, 6.07) is -1.19. The molecule has 1 atom stereocenters. The highest BCUT2D eigenvalue weighted by Crippen LogP contribution is 2.36. The van der Waals surface area contributed by atoms with Gasteiger partial charge in [0.1, 0.15) is 0 Å². The highest BCUT2D eigenvalue weighted by molar-refractivity contribution is 6.06. The fraction of sp³-hybridized carbons (Fsp3) is 0.556. The quantitative estimate of drug-likeness (QED) is 0.464. The van der Waals surface area contributed by atoms with E-state index in [1.165, 1.54) is 0 Å². The number of nitrogens with zero attached hydrogens (tertiary/aromatic N) is 1. The third-order valence-corrected chi connectivity index (χ3v) is 3.12. The molecule has 0 aromatic heterocycles. The molecule has 0 aromatic carbocycles. The Morgan fingerprint density at radius 2 is 1.53 bits per heavy atom. The maximum atomic E-state index is 11.6. The van der Waals surface area contributed by atoms with Crippen LogP contribution in [0.15, 0.2) is 0 Å². The van der Waals surface area contributed by atoms with Crippen LogP contribution in [-0.2, 0) is 19.2 Å². The van der Waals surface area contributed by atoms with Crippen molar-refractivity contribution < 1.29 is 28.8 Å². The molecular formula is C9H10NO5+. The van der Waals surface area contributed by atoms with E-state index in [1.807, 2.05) is 0 Å². The van der Waals surface area contributed by atoms with Crippen molar-refractivity contribution in [3.63, 3.8) is 0 Å². The Hall–Kier alpha value is -1.56. The van der Waals surface area contributed by atoms with Crippen LogP contribution < -0.4 is 0 Å². The number of quaternary nitrogens is 1. The lowest BCUT2D eigenvalue weighted by molar-refractivity contribution is -0.706. The van der Waals surface area contributed by atoms with Gasteiger partial charge in [-0.1, -0.05) is 0 Å². The van der Waals surface area contributed by atoms with Crippen LogP contribution in [0.3, 0.4) is 0 Å². The Bertz CT molecular complexity index is 356. The number of hydrogen-bond acceptors (Lipinski definition) is 4. The number of carboxylic acid groups (broad SMARTS) is 1. The van der Waals surface area contributed by atoms with Crippen molar-refractivity contribution >= 4 is 23.7 Å². The highest BCUT2D eigenvalue weighted by atomic mass is 16.4. The summed E-state index contributed by atoms with van der Waals surface area (Å²) in [6.07, 6.45) is 0.0306. The fourth-order valence-corrected chi connectivity index (χ4v) is 2.42. The van der Waals surface area contributed by atoms with Crippen molar-refractivity contribution in [3.05, 3.63) is 0 Å². The lowest BCUT2D eigenvalue weighted by Crippen LogP contribution is -2.60. The summed E-state index contributed by atoms with van der Waals surface area (Å²) in [5.74, 6) is -2.93. The van der Waals surface area contributed by atoms with Crippen molar-refractivity contribution in [2.75, 3.05) is 0 Å². The molecule has 2 saturated heterocycles. The molecule has 2 heterocycles. The predicted molar refractivity (Wildman–Crippen MR) is 45.2 cm³/mol. The third kappa shape index (κ3) is 1.02. The molecule has 15 heavy (non-hydrogen) atoms. The first-order valence-corrected chi connectivity index (χ1v) is 4.73. The number of hydrogen-bond donors (Lipinski definition) is 1. The number of carboxylic acids is 1. The van der Waals surface area contributed by atoms with E-state index in [1.54, 1.807) is 0 Å². The lowest BCUT2D eigenvalue weighted by atomic mass is 10.2. The van der Waals surface area contributed by atoms with Gasteiger partial charge in [0.25, 0.3) is 0 Å². The Balaban J connectivity index is 2.54. The molecule has 0 unspecified atom stereocenters. The van der Waals surface area contributed by atoms with E-state index in [9.17, 15) is 19.2 Å². The fourth-order valence-electron chi connectivity index (χ4n) is 2.42. The Kier molecular flexibility index (Phi) is 1.97. The van der Waals surface area contributed by atoms with Crippen LogP contribution in [0.1, 0.15) is 25.7 Å². The molecule has 6 nitrogen and oxygen atoms in total. The minimum atomic E-state index is -1.25. The number of rotatable bonds is 1. The molecule has 1 spiro atoms. The van der Waals surface area contributed by atoms with E-state index in [0.29, 0.717) is 0 Å². The molecule has 2 aliphatic rings. The molecule has 2 rings (SSSR count). The van der Waals surface area contributed by atoms with Gasteiger partial charge in [-0.05, 0) is 0 Å². The molecule has 1 N–H and O–H groups in total. The summed E-state index contributed by atoms with van der Waals surface area (Å²) in [7, 11) is 0. The first-order chi connectivity index (χ1) is 7.01. The van der Waals surface area contributed by atoms with Crippen LogP contribution in [0.5, 0.6) is 0 Å². The maximum Gasteiger partial charge on any atom is 0.364 e. The topological polar surface area (TPSA) is 88.5 Å². The van der Waals surface area contributed by atoms with Gasteiger partial charge in [-0.3, -0.25) is 0 Å². The standard InChI is InChI=1S/C9H9NO5/c11-6-2-1-5(9(14)15)10(6)7(12)3-4-8(10)13/h5H,1-4H2/p+1/t5-/m0/s1. The monoisotopic (exact) mass is 212 g/mol. The van der Waals surface area contributed by atoms with Gasteiger partial charge < -0.3 is 5.11 Å². The van der Waals surface area contributed by atoms with Crippen molar-refractivity contribution in [2.45, 2.75) is 31.7 Å². The Morgan fingerprint density at radius 1 is 1.07 bits per heavy atom. The van der Waals surface area contributed by atoms with Gasteiger partial charge in [0, 0.05) is 6.42 Å². The van der Waals surface area contributed by atoms with Gasteiger partial charge >= 0.3 is 23.7 Å². The number of carbonyl (C=O) groups is 4. The zero-order valence-electron chi connectivity index (χ0n) is 7.93. The van der Waals surface area contributed by atoms with E-state index in [2.05, 4.69) is 0 Å². The van der Waals surface area contributed by atoms with Crippen LogP contribution in [0.25, 0.3) is 0 Å². The first-order valence-electron chi connectivity index (χ1n) is 4.73. The summed E-state index contributed by atoms with van der Waals surface area (Å²) in [6.45, 7) is 0. The average Bonchev–Trinajstić information content (AvgIpc) is 2.65. The summed E-state index contributed by atoms with van der Waals surface area (Å²) in [5.41, 5.74) is 0. The van der Waals surface area contributed by atoms with E-state index >= 15 is 0 Å². The molecule has 2 fully saturated rings. The highest BCUT2D eigenvalue weighted by Gasteiger charge is 2.66. The zero-order valence-corrected chi connectivity index (χ0v) is 7.93. The molecule has 0 aromatic rings. The van der Waals surface area contributed by atoms with Gasteiger partial charge in [-0.25, -0.2) is 19.2 Å². The zero-order chi connectivity index (χ0) is 11.2. The number of amides is 3. The van der Waals surface area contributed by atoms with Crippen LogP contribution in [0.4, 0.5) is 0 Å². The molecule has 0 bridgehead atoms. The van der Waals surface area contributed by atoms with Crippen LogP contribution in [0.2, 0.25) is 0 Å². The smallest absolute Gasteiger partial charge is 0.364 e. The van der Waals surface area contributed by atoms with Crippen molar-refractivity contribution in [2.24, 2.45) is 0 Å². The second kappa shape index (κ2) is 2.96. The third-order valence-electron chi connectivity index (χ3n) is 3.12.